The standard InChI is InChI=1S/C22H24N2O3S/c1-14(19-9-6-12-28-19)23(2)20(25)15-10-11-17-18(13-15)22(27)24(21(17)26)16-7-4-3-5-8-16/h6,9-14,16H,3-5,7-8H2,1-2H3/t14-/m1/s1. The number of rotatable bonds is 4. The van der Waals surface area contributed by atoms with Gasteiger partial charge in [-0.2, -0.15) is 0 Å². The summed E-state index contributed by atoms with van der Waals surface area (Å²) in [6.07, 6.45) is 5.00. The van der Waals surface area contributed by atoms with Crippen molar-refractivity contribution in [3.05, 3.63) is 57.3 Å². The van der Waals surface area contributed by atoms with E-state index in [1.54, 1.807) is 41.5 Å². The molecule has 5 nitrogen and oxygen atoms in total. The smallest absolute Gasteiger partial charge is 0.261 e. The fraction of sp³-hybridized carbons (Fsp3) is 0.409. The number of benzene rings is 1. The molecule has 0 spiro atoms. The summed E-state index contributed by atoms with van der Waals surface area (Å²) in [7, 11) is 1.77. The number of hydrogen-bond donors (Lipinski definition) is 0. The summed E-state index contributed by atoms with van der Waals surface area (Å²) < 4.78 is 0. The Morgan fingerprint density at radius 1 is 1.11 bits per heavy atom. The van der Waals surface area contributed by atoms with Crippen molar-refractivity contribution in [1.82, 2.24) is 9.80 Å². The molecule has 1 aromatic heterocycles. The fourth-order valence-corrected chi connectivity index (χ4v) is 4.99. The van der Waals surface area contributed by atoms with E-state index in [1.165, 1.54) is 4.90 Å². The predicted molar refractivity (Wildman–Crippen MR) is 109 cm³/mol. The third-order valence-electron chi connectivity index (χ3n) is 5.96. The van der Waals surface area contributed by atoms with Crippen LogP contribution >= 0.6 is 11.3 Å². The highest BCUT2D eigenvalue weighted by molar-refractivity contribution is 7.10. The third kappa shape index (κ3) is 3.15. The topological polar surface area (TPSA) is 57.7 Å². The van der Waals surface area contributed by atoms with Gasteiger partial charge >= 0.3 is 0 Å². The monoisotopic (exact) mass is 396 g/mol. The lowest BCUT2D eigenvalue weighted by Gasteiger charge is -2.29. The number of imide groups is 1. The molecule has 1 aliphatic carbocycles. The first-order valence-corrected chi connectivity index (χ1v) is 10.7. The summed E-state index contributed by atoms with van der Waals surface area (Å²) in [6.45, 7) is 1.98. The number of amides is 3. The van der Waals surface area contributed by atoms with Crippen LogP contribution in [0.1, 0.15) is 81.0 Å². The summed E-state index contributed by atoms with van der Waals surface area (Å²) in [5, 5.41) is 1.99. The lowest BCUT2D eigenvalue weighted by molar-refractivity contribution is 0.0548. The van der Waals surface area contributed by atoms with Crippen LogP contribution in [0.4, 0.5) is 0 Å². The Morgan fingerprint density at radius 2 is 1.82 bits per heavy atom. The average Bonchev–Trinajstić information content (AvgIpc) is 3.34. The van der Waals surface area contributed by atoms with Gasteiger partial charge in [-0.05, 0) is 49.4 Å². The quantitative estimate of drug-likeness (QED) is 0.715. The maximum Gasteiger partial charge on any atom is 0.261 e. The number of carbonyl (C=O) groups is 3. The van der Waals surface area contributed by atoms with Crippen molar-refractivity contribution < 1.29 is 14.4 Å². The van der Waals surface area contributed by atoms with E-state index in [0.717, 1.165) is 37.0 Å². The molecule has 1 fully saturated rings. The molecule has 1 saturated carbocycles. The Morgan fingerprint density at radius 3 is 2.50 bits per heavy atom. The van der Waals surface area contributed by atoms with E-state index < -0.39 is 0 Å². The first-order valence-electron chi connectivity index (χ1n) is 9.81. The molecule has 0 radical (unpaired) electrons. The zero-order valence-corrected chi connectivity index (χ0v) is 17.0. The molecule has 0 unspecified atom stereocenters. The van der Waals surface area contributed by atoms with E-state index in [-0.39, 0.29) is 29.8 Å². The SMILES string of the molecule is C[C@H](c1cccs1)N(C)C(=O)c1ccc2c(c1)C(=O)N(C1CCCCC1)C2=O. The third-order valence-corrected chi connectivity index (χ3v) is 7.00. The van der Waals surface area contributed by atoms with Crippen molar-refractivity contribution >= 4 is 29.1 Å². The van der Waals surface area contributed by atoms with Crippen LogP contribution in [-0.2, 0) is 0 Å². The average molecular weight is 397 g/mol. The summed E-state index contributed by atoms with van der Waals surface area (Å²) in [5.74, 6) is -0.623. The van der Waals surface area contributed by atoms with Gasteiger partial charge < -0.3 is 4.90 Å². The van der Waals surface area contributed by atoms with E-state index >= 15 is 0 Å². The van der Waals surface area contributed by atoms with Crippen LogP contribution in [0.15, 0.2) is 35.7 Å². The second-order valence-corrected chi connectivity index (χ2v) is 8.62. The first-order chi connectivity index (χ1) is 13.5. The van der Waals surface area contributed by atoms with Gasteiger partial charge in [0.05, 0.1) is 17.2 Å². The van der Waals surface area contributed by atoms with E-state index in [4.69, 9.17) is 0 Å². The number of fused-ring (bicyclic) bond motifs is 1. The van der Waals surface area contributed by atoms with Gasteiger partial charge in [0.1, 0.15) is 0 Å². The van der Waals surface area contributed by atoms with E-state index in [2.05, 4.69) is 0 Å². The van der Waals surface area contributed by atoms with Crippen molar-refractivity contribution in [2.24, 2.45) is 0 Å². The van der Waals surface area contributed by atoms with Crippen LogP contribution in [0.2, 0.25) is 0 Å². The molecule has 2 aliphatic rings. The molecular formula is C22H24N2O3S. The highest BCUT2D eigenvalue weighted by Crippen LogP contribution is 2.32. The Balaban J connectivity index is 1.58. The summed E-state index contributed by atoms with van der Waals surface area (Å²) >= 11 is 1.61. The van der Waals surface area contributed by atoms with Crippen LogP contribution in [0.5, 0.6) is 0 Å². The van der Waals surface area contributed by atoms with Crippen molar-refractivity contribution in [3.8, 4) is 0 Å². The van der Waals surface area contributed by atoms with E-state index in [0.29, 0.717) is 16.7 Å². The molecule has 1 aliphatic heterocycles. The second kappa shape index (κ2) is 7.51. The Bertz CT molecular complexity index is 916. The van der Waals surface area contributed by atoms with Crippen molar-refractivity contribution in [2.75, 3.05) is 7.05 Å². The van der Waals surface area contributed by atoms with Gasteiger partial charge in [-0.3, -0.25) is 19.3 Å². The Hall–Kier alpha value is -2.47. The molecule has 28 heavy (non-hydrogen) atoms. The highest BCUT2D eigenvalue weighted by atomic mass is 32.1. The molecule has 6 heteroatoms. The molecular weight excluding hydrogens is 372 g/mol. The summed E-state index contributed by atoms with van der Waals surface area (Å²) in [6, 6.07) is 8.79. The largest absolute Gasteiger partial charge is 0.334 e. The van der Waals surface area contributed by atoms with Crippen LogP contribution in [0, 0.1) is 0 Å². The molecule has 0 N–H and O–H groups in total. The normalized spacial score (nSPS) is 18.3. The van der Waals surface area contributed by atoms with Crippen LogP contribution in [0.3, 0.4) is 0 Å². The lowest BCUT2D eigenvalue weighted by atomic mass is 9.94. The zero-order chi connectivity index (χ0) is 19.8. The molecule has 3 amide bonds. The minimum absolute atomic E-state index is 0.0122. The number of nitrogens with zero attached hydrogens (tertiary/aromatic N) is 2. The van der Waals surface area contributed by atoms with Gasteiger partial charge in [0.25, 0.3) is 17.7 Å². The zero-order valence-electron chi connectivity index (χ0n) is 16.2. The number of carbonyl (C=O) groups excluding carboxylic acids is 3. The summed E-state index contributed by atoms with van der Waals surface area (Å²) in [4.78, 5) is 42.9. The first kappa shape index (κ1) is 18.9. The minimum atomic E-state index is -0.254. The minimum Gasteiger partial charge on any atom is -0.334 e. The fourth-order valence-electron chi connectivity index (χ4n) is 4.16. The van der Waals surface area contributed by atoms with Gasteiger partial charge in [0, 0.05) is 23.5 Å². The van der Waals surface area contributed by atoms with Crippen LogP contribution in [-0.4, -0.2) is 40.6 Å². The lowest BCUT2D eigenvalue weighted by Crippen LogP contribution is -2.40. The van der Waals surface area contributed by atoms with Gasteiger partial charge in [-0.1, -0.05) is 25.3 Å². The van der Waals surface area contributed by atoms with Crippen LogP contribution in [0.25, 0.3) is 0 Å². The molecule has 0 saturated heterocycles. The molecule has 4 rings (SSSR count). The number of hydrogen-bond acceptors (Lipinski definition) is 4. The number of thiophene rings is 1. The van der Waals surface area contributed by atoms with Crippen molar-refractivity contribution in [1.29, 1.82) is 0 Å². The Kier molecular flexibility index (Phi) is 5.06. The molecule has 2 aromatic rings. The predicted octanol–water partition coefficient (Wildman–Crippen LogP) is 4.51. The van der Waals surface area contributed by atoms with Gasteiger partial charge in [-0.25, -0.2) is 0 Å². The Labute approximate surface area is 169 Å². The van der Waals surface area contributed by atoms with Gasteiger partial charge in [0.15, 0.2) is 0 Å². The summed E-state index contributed by atoms with van der Waals surface area (Å²) in [5.41, 5.74) is 1.22. The second-order valence-electron chi connectivity index (χ2n) is 7.64. The molecule has 1 atom stereocenters. The van der Waals surface area contributed by atoms with Gasteiger partial charge in [-0.15, -0.1) is 11.3 Å². The maximum absolute atomic E-state index is 13.0. The maximum atomic E-state index is 13.0. The highest BCUT2D eigenvalue weighted by Gasteiger charge is 2.40. The molecule has 146 valence electrons. The van der Waals surface area contributed by atoms with E-state index in [9.17, 15) is 14.4 Å². The molecule has 2 heterocycles. The molecule has 0 bridgehead atoms. The van der Waals surface area contributed by atoms with E-state index in [1.807, 2.05) is 24.4 Å². The van der Waals surface area contributed by atoms with Crippen LogP contribution < -0.4 is 0 Å². The van der Waals surface area contributed by atoms with Crippen molar-refractivity contribution in [2.45, 2.75) is 51.1 Å². The van der Waals surface area contributed by atoms with Gasteiger partial charge in [0.2, 0.25) is 0 Å². The molecule has 1 aromatic carbocycles. The van der Waals surface area contributed by atoms with Crippen molar-refractivity contribution in [3.63, 3.8) is 0 Å².